The van der Waals surface area contributed by atoms with Crippen LogP contribution < -0.4 is 4.74 Å². The van der Waals surface area contributed by atoms with Crippen molar-refractivity contribution in [2.45, 2.75) is 25.9 Å². The van der Waals surface area contributed by atoms with Gasteiger partial charge in [0, 0.05) is 16.5 Å². The summed E-state index contributed by atoms with van der Waals surface area (Å²) in [6.45, 7) is 3.98. The van der Waals surface area contributed by atoms with Gasteiger partial charge in [0.2, 0.25) is 0 Å². The van der Waals surface area contributed by atoms with Crippen molar-refractivity contribution in [3.63, 3.8) is 0 Å². The van der Waals surface area contributed by atoms with Crippen molar-refractivity contribution < 1.29 is 9.94 Å². The van der Waals surface area contributed by atoms with Crippen LogP contribution in [0.4, 0.5) is 0 Å². The molecule has 1 aliphatic heterocycles. The normalized spacial score (nSPS) is 18.1. The van der Waals surface area contributed by atoms with Crippen LogP contribution in [0.5, 0.6) is 5.75 Å². The molecule has 0 bridgehead atoms. The minimum absolute atomic E-state index is 0.353. The third-order valence-electron chi connectivity index (χ3n) is 3.57. The highest BCUT2D eigenvalue weighted by Crippen LogP contribution is 2.36. The fourth-order valence-electron chi connectivity index (χ4n) is 2.59. The Bertz CT molecular complexity index is 705. The molecule has 4 heteroatoms. The predicted molar refractivity (Wildman–Crippen MR) is 87.2 cm³/mol. The minimum Gasteiger partial charge on any atom is -0.487 e. The van der Waals surface area contributed by atoms with E-state index in [0.717, 1.165) is 26.9 Å². The smallest absolute Gasteiger partial charge is 0.129 e. The molecule has 0 atom stereocenters. The Balaban J connectivity index is 2.07. The average molecular weight is 346 g/mol. The van der Waals surface area contributed by atoms with Gasteiger partial charge in [-0.1, -0.05) is 39.3 Å². The lowest BCUT2D eigenvalue weighted by Gasteiger charge is -2.33. The Labute approximate surface area is 132 Å². The molecule has 0 saturated carbocycles. The maximum Gasteiger partial charge on any atom is 0.129 e. The van der Waals surface area contributed by atoms with Crippen LogP contribution in [0.1, 0.15) is 25.8 Å². The number of hydrogen-bond donors (Lipinski definition) is 1. The molecule has 0 saturated heterocycles. The maximum absolute atomic E-state index is 9.29. The Hall–Kier alpha value is -1.81. The molecule has 0 aliphatic carbocycles. The van der Waals surface area contributed by atoms with Crippen molar-refractivity contribution in [1.82, 2.24) is 0 Å². The molecule has 1 N–H and O–H groups in total. The molecule has 0 spiro atoms. The van der Waals surface area contributed by atoms with Crippen LogP contribution in [0.25, 0.3) is 11.1 Å². The van der Waals surface area contributed by atoms with E-state index in [9.17, 15) is 5.21 Å². The van der Waals surface area contributed by atoms with Gasteiger partial charge in [-0.3, -0.25) is 0 Å². The molecule has 0 unspecified atom stereocenters. The number of fused-ring (bicyclic) bond motifs is 1. The van der Waals surface area contributed by atoms with Gasteiger partial charge in [0.1, 0.15) is 11.4 Å². The lowest BCUT2D eigenvalue weighted by molar-refractivity contribution is 0.110. The van der Waals surface area contributed by atoms with E-state index in [1.807, 2.05) is 44.2 Å². The highest BCUT2D eigenvalue weighted by molar-refractivity contribution is 9.10. The Morgan fingerprint density at radius 2 is 1.76 bits per heavy atom. The second-order valence-corrected chi connectivity index (χ2v) is 6.72. The summed E-state index contributed by atoms with van der Waals surface area (Å²) in [5.41, 5.74) is 3.36. The SMILES string of the molecule is CC1(C)CC(=NO)c2cc(-c3ccc(Br)cc3)ccc2O1. The number of rotatable bonds is 1. The van der Waals surface area contributed by atoms with E-state index in [-0.39, 0.29) is 5.60 Å². The van der Waals surface area contributed by atoms with Crippen LogP contribution in [-0.4, -0.2) is 16.5 Å². The minimum atomic E-state index is -0.353. The molecular formula is C17H16BrNO2. The summed E-state index contributed by atoms with van der Waals surface area (Å²) in [6, 6.07) is 14.1. The molecule has 0 fully saturated rings. The highest BCUT2D eigenvalue weighted by Gasteiger charge is 2.31. The third-order valence-corrected chi connectivity index (χ3v) is 4.10. The van der Waals surface area contributed by atoms with Gasteiger partial charge in [0.15, 0.2) is 0 Å². The van der Waals surface area contributed by atoms with E-state index in [1.165, 1.54) is 0 Å². The van der Waals surface area contributed by atoms with Gasteiger partial charge in [-0.25, -0.2) is 0 Å². The monoisotopic (exact) mass is 345 g/mol. The molecule has 3 nitrogen and oxygen atoms in total. The van der Waals surface area contributed by atoms with Crippen LogP contribution in [0, 0.1) is 0 Å². The van der Waals surface area contributed by atoms with E-state index in [2.05, 4.69) is 33.2 Å². The summed E-state index contributed by atoms with van der Waals surface area (Å²) >= 11 is 3.44. The van der Waals surface area contributed by atoms with Crippen LogP contribution in [0.2, 0.25) is 0 Å². The largest absolute Gasteiger partial charge is 0.487 e. The fourth-order valence-corrected chi connectivity index (χ4v) is 2.85. The number of hydrogen-bond acceptors (Lipinski definition) is 3. The molecule has 108 valence electrons. The quantitative estimate of drug-likeness (QED) is 0.592. The topological polar surface area (TPSA) is 41.8 Å². The first-order chi connectivity index (χ1) is 9.98. The molecule has 0 aromatic heterocycles. The van der Waals surface area contributed by atoms with E-state index in [4.69, 9.17) is 4.74 Å². The summed E-state index contributed by atoms with van der Waals surface area (Å²) in [5, 5.41) is 12.8. The lowest BCUT2D eigenvalue weighted by atomic mass is 9.90. The average Bonchev–Trinajstić information content (AvgIpc) is 2.46. The first-order valence-corrected chi connectivity index (χ1v) is 7.58. The summed E-state index contributed by atoms with van der Waals surface area (Å²) in [7, 11) is 0. The summed E-state index contributed by atoms with van der Waals surface area (Å²) in [6.07, 6.45) is 0.584. The van der Waals surface area contributed by atoms with Crippen molar-refractivity contribution in [1.29, 1.82) is 0 Å². The highest BCUT2D eigenvalue weighted by atomic mass is 79.9. The van der Waals surface area contributed by atoms with Crippen molar-refractivity contribution in [3.8, 4) is 16.9 Å². The predicted octanol–water partition coefficient (Wildman–Crippen LogP) is 4.86. The van der Waals surface area contributed by atoms with Gasteiger partial charge in [-0.15, -0.1) is 0 Å². The van der Waals surface area contributed by atoms with Crippen molar-refractivity contribution in [2.75, 3.05) is 0 Å². The van der Waals surface area contributed by atoms with Gasteiger partial charge in [0.25, 0.3) is 0 Å². The van der Waals surface area contributed by atoms with Gasteiger partial charge < -0.3 is 9.94 Å². The van der Waals surface area contributed by atoms with Crippen LogP contribution in [0.15, 0.2) is 52.1 Å². The first kappa shape index (κ1) is 14.1. The Morgan fingerprint density at radius 1 is 1.10 bits per heavy atom. The number of nitrogens with zero attached hydrogens (tertiary/aromatic N) is 1. The van der Waals surface area contributed by atoms with Crippen LogP contribution in [0.3, 0.4) is 0 Å². The fraction of sp³-hybridized carbons (Fsp3) is 0.235. The van der Waals surface area contributed by atoms with Crippen LogP contribution >= 0.6 is 15.9 Å². The third kappa shape index (κ3) is 2.81. The lowest BCUT2D eigenvalue weighted by Crippen LogP contribution is -2.36. The number of halogens is 1. The van der Waals surface area contributed by atoms with Crippen molar-refractivity contribution in [2.24, 2.45) is 5.16 Å². The molecule has 2 aromatic carbocycles. The zero-order valence-corrected chi connectivity index (χ0v) is 13.5. The molecule has 3 rings (SSSR count). The number of oxime groups is 1. The Morgan fingerprint density at radius 3 is 2.43 bits per heavy atom. The van der Waals surface area contributed by atoms with E-state index in [0.29, 0.717) is 12.1 Å². The first-order valence-electron chi connectivity index (χ1n) is 6.79. The molecule has 1 heterocycles. The van der Waals surface area contributed by atoms with Gasteiger partial charge in [0.05, 0.1) is 5.71 Å². The standard InChI is InChI=1S/C17H16BrNO2/c1-17(2)10-15(19-20)14-9-12(5-8-16(14)21-17)11-3-6-13(18)7-4-11/h3-9,20H,10H2,1-2H3. The number of benzene rings is 2. The second-order valence-electron chi connectivity index (χ2n) is 5.80. The molecule has 1 aliphatic rings. The zero-order valence-electron chi connectivity index (χ0n) is 11.9. The second kappa shape index (κ2) is 5.19. The van der Waals surface area contributed by atoms with E-state index >= 15 is 0 Å². The zero-order chi connectivity index (χ0) is 15.0. The van der Waals surface area contributed by atoms with Gasteiger partial charge >= 0.3 is 0 Å². The summed E-state index contributed by atoms with van der Waals surface area (Å²) in [5.74, 6) is 0.764. The number of ether oxygens (including phenoxy) is 1. The molecule has 0 radical (unpaired) electrons. The Kier molecular flexibility index (Phi) is 3.49. The maximum atomic E-state index is 9.29. The van der Waals surface area contributed by atoms with Gasteiger partial charge in [-0.05, 0) is 49.2 Å². The van der Waals surface area contributed by atoms with Crippen molar-refractivity contribution in [3.05, 3.63) is 52.5 Å². The molecule has 21 heavy (non-hydrogen) atoms. The molecule has 2 aromatic rings. The molecule has 0 amide bonds. The molecular weight excluding hydrogens is 330 g/mol. The van der Waals surface area contributed by atoms with Crippen molar-refractivity contribution >= 4 is 21.6 Å². The van der Waals surface area contributed by atoms with Crippen LogP contribution in [-0.2, 0) is 0 Å². The van der Waals surface area contributed by atoms with E-state index in [1.54, 1.807) is 0 Å². The van der Waals surface area contributed by atoms with Gasteiger partial charge in [-0.2, -0.15) is 0 Å². The summed E-state index contributed by atoms with van der Waals surface area (Å²) < 4.78 is 7.01. The van der Waals surface area contributed by atoms with E-state index < -0.39 is 0 Å². The summed E-state index contributed by atoms with van der Waals surface area (Å²) in [4.78, 5) is 0.